The van der Waals surface area contributed by atoms with Crippen LogP contribution in [0.4, 0.5) is 5.69 Å². The van der Waals surface area contributed by atoms with Crippen molar-refractivity contribution in [3.05, 3.63) is 52.6 Å². The predicted molar refractivity (Wildman–Crippen MR) is 80.3 cm³/mol. The molecule has 2 aromatic rings. The summed E-state index contributed by atoms with van der Waals surface area (Å²) in [5, 5.41) is 0. The molecule has 2 aromatic carbocycles. The standard InChI is InChI=1S/C18H19N/c19-18-7-3-6-14-16-9-8-12-4-1-2-5-13(12)15(16)10-11-17(14)18/h3,6-9H,1-2,4-5,10-11,19H2. The predicted octanol–water partition coefficient (Wildman–Crippen LogP) is 3.91. The Balaban J connectivity index is 1.96. The minimum atomic E-state index is 0.959. The van der Waals surface area contributed by atoms with Crippen LogP contribution in [0.15, 0.2) is 30.3 Å². The highest BCUT2D eigenvalue weighted by Crippen LogP contribution is 2.40. The molecule has 0 amide bonds. The molecule has 0 radical (unpaired) electrons. The van der Waals surface area contributed by atoms with Crippen molar-refractivity contribution < 1.29 is 0 Å². The smallest absolute Gasteiger partial charge is 0.0352 e. The van der Waals surface area contributed by atoms with Crippen LogP contribution < -0.4 is 5.73 Å². The van der Waals surface area contributed by atoms with Gasteiger partial charge in [-0.15, -0.1) is 0 Å². The summed E-state index contributed by atoms with van der Waals surface area (Å²) >= 11 is 0. The fraction of sp³-hybridized carbons (Fsp3) is 0.333. The monoisotopic (exact) mass is 249 g/mol. The van der Waals surface area contributed by atoms with Gasteiger partial charge in [-0.05, 0) is 78.0 Å². The van der Waals surface area contributed by atoms with E-state index >= 15 is 0 Å². The van der Waals surface area contributed by atoms with Gasteiger partial charge in [0.25, 0.3) is 0 Å². The second kappa shape index (κ2) is 4.12. The van der Waals surface area contributed by atoms with Crippen LogP contribution in [0.1, 0.15) is 35.1 Å². The maximum absolute atomic E-state index is 6.14. The van der Waals surface area contributed by atoms with Crippen LogP contribution in [0, 0.1) is 0 Å². The second-order valence-corrected chi connectivity index (χ2v) is 5.81. The minimum Gasteiger partial charge on any atom is -0.398 e. The number of rotatable bonds is 0. The second-order valence-electron chi connectivity index (χ2n) is 5.81. The highest BCUT2D eigenvalue weighted by Gasteiger charge is 2.22. The Morgan fingerprint density at radius 1 is 0.684 bits per heavy atom. The lowest BCUT2D eigenvalue weighted by Gasteiger charge is -2.27. The van der Waals surface area contributed by atoms with Gasteiger partial charge in [0.15, 0.2) is 0 Å². The SMILES string of the molecule is Nc1cccc2c1CCc1c-2ccc2c1CCCC2. The van der Waals surface area contributed by atoms with E-state index < -0.39 is 0 Å². The van der Waals surface area contributed by atoms with E-state index in [1.807, 2.05) is 6.07 Å². The molecule has 0 aromatic heterocycles. The fourth-order valence-electron chi connectivity index (χ4n) is 3.83. The summed E-state index contributed by atoms with van der Waals surface area (Å²) in [4.78, 5) is 0. The molecule has 0 saturated heterocycles. The van der Waals surface area contributed by atoms with Crippen molar-refractivity contribution in [2.75, 3.05) is 5.73 Å². The number of nitrogens with two attached hydrogens (primary N) is 1. The number of fused-ring (bicyclic) bond motifs is 5. The molecule has 1 nitrogen and oxygen atoms in total. The molecule has 2 N–H and O–H groups in total. The van der Waals surface area contributed by atoms with Crippen LogP contribution in [0.3, 0.4) is 0 Å². The third-order valence-corrected chi connectivity index (χ3v) is 4.78. The zero-order valence-electron chi connectivity index (χ0n) is 11.2. The summed E-state index contributed by atoms with van der Waals surface area (Å²) in [6.45, 7) is 0. The van der Waals surface area contributed by atoms with Crippen molar-refractivity contribution in [2.45, 2.75) is 38.5 Å². The Kier molecular flexibility index (Phi) is 2.41. The van der Waals surface area contributed by atoms with E-state index in [4.69, 9.17) is 5.73 Å². The van der Waals surface area contributed by atoms with Crippen LogP contribution in [-0.4, -0.2) is 0 Å². The topological polar surface area (TPSA) is 26.0 Å². The molecule has 2 aliphatic rings. The number of aryl methyl sites for hydroxylation is 1. The maximum atomic E-state index is 6.14. The minimum absolute atomic E-state index is 0.959. The van der Waals surface area contributed by atoms with Gasteiger partial charge in [0.05, 0.1) is 0 Å². The Bertz CT molecular complexity index is 655. The first-order valence-electron chi connectivity index (χ1n) is 7.36. The van der Waals surface area contributed by atoms with Gasteiger partial charge < -0.3 is 5.73 Å². The molecule has 19 heavy (non-hydrogen) atoms. The largest absolute Gasteiger partial charge is 0.398 e. The summed E-state index contributed by atoms with van der Waals surface area (Å²) in [5.74, 6) is 0. The summed E-state index contributed by atoms with van der Waals surface area (Å²) in [6, 6.07) is 11.0. The van der Waals surface area contributed by atoms with Gasteiger partial charge >= 0.3 is 0 Å². The fourth-order valence-corrected chi connectivity index (χ4v) is 3.83. The van der Waals surface area contributed by atoms with E-state index in [0.717, 1.165) is 12.1 Å². The van der Waals surface area contributed by atoms with Crippen LogP contribution >= 0.6 is 0 Å². The molecule has 0 aliphatic heterocycles. The Morgan fingerprint density at radius 3 is 2.42 bits per heavy atom. The summed E-state index contributed by atoms with van der Waals surface area (Å²) in [7, 11) is 0. The van der Waals surface area contributed by atoms with Crippen molar-refractivity contribution in [1.29, 1.82) is 0 Å². The molecule has 0 bridgehead atoms. The lowest BCUT2D eigenvalue weighted by atomic mass is 9.78. The number of benzene rings is 2. The first-order chi connectivity index (χ1) is 9.34. The van der Waals surface area contributed by atoms with E-state index in [0.29, 0.717) is 0 Å². The average Bonchev–Trinajstić information content (AvgIpc) is 2.47. The van der Waals surface area contributed by atoms with Gasteiger partial charge in [0.2, 0.25) is 0 Å². The van der Waals surface area contributed by atoms with E-state index in [2.05, 4.69) is 24.3 Å². The average molecular weight is 249 g/mol. The number of anilines is 1. The first-order valence-corrected chi connectivity index (χ1v) is 7.36. The van der Waals surface area contributed by atoms with Gasteiger partial charge in [-0.3, -0.25) is 0 Å². The molecule has 0 atom stereocenters. The third kappa shape index (κ3) is 1.61. The van der Waals surface area contributed by atoms with Crippen molar-refractivity contribution in [3.63, 3.8) is 0 Å². The Labute approximate surface area is 114 Å². The zero-order chi connectivity index (χ0) is 12.8. The van der Waals surface area contributed by atoms with Gasteiger partial charge in [0.1, 0.15) is 0 Å². The molecular weight excluding hydrogens is 230 g/mol. The van der Waals surface area contributed by atoms with E-state index in [9.17, 15) is 0 Å². The maximum Gasteiger partial charge on any atom is 0.0352 e. The van der Waals surface area contributed by atoms with E-state index in [1.54, 1.807) is 16.7 Å². The molecular formula is C18H19N. The number of nitrogen functional groups attached to an aromatic ring is 1. The number of hydrogen-bond acceptors (Lipinski definition) is 1. The van der Waals surface area contributed by atoms with E-state index in [-0.39, 0.29) is 0 Å². The molecule has 0 fully saturated rings. The molecule has 0 saturated carbocycles. The Hall–Kier alpha value is -1.76. The van der Waals surface area contributed by atoms with Gasteiger partial charge in [-0.2, -0.15) is 0 Å². The summed E-state index contributed by atoms with van der Waals surface area (Å²) < 4.78 is 0. The molecule has 2 aliphatic carbocycles. The number of hydrogen-bond donors (Lipinski definition) is 1. The summed E-state index contributed by atoms with van der Waals surface area (Å²) in [6.07, 6.45) is 7.52. The van der Waals surface area contributed by atoms with Crippen molar-refractivity contribution in [2.24, 2.45) is 0 Å². The molecule has 4 rings (SSSR count). The normalized spacial score (nSPS) is 16.4. The zero-order valence-corrected chi connectivity index (χ0v) is 11.2. The van der Waals surface area contributed by atoms with Gasteiger partial charge in [0, 0.05) is 5.69 Å². The third-order valence-electron chi connectivity index (χ3n) is 4.78. The summed E-state index contributed by atoms with van der Waals surface area (Å²) in [5.41, 5.74) is 16.1. The van der Waals surface area contributed by atoms with Crippen LogP contribution in [0.25, 0.3) is 11.1 Å². The van der Waals surface area contributed by atoms with Crippen molar-refractivity contribution in [3.8, 4) is 11.1 Å². The lowest BCUT2D eigenvalue weighted by molar-refractivity contribution is 0.676. The quantitative estimate of drug-likeness (QED) is 0.704. The van der Waals surface area contributed by atoms with Crippen LogP contribution in [0.2, 0.25) is 0 Å². The van der Waals surface area contributed by atoms with Crippen LogP contribution in [0.5, 0.6) is 0 Å². The highest BCUT2D eigenvalue weighted by molar-refractivity contribution is 5.79. The van der Waals surface area contributed by atoms with Crippen molar-refractivity contribution in [1.82, 2.24) is 0 Å². The van der Waals surface area contributed by atoms with Crippen molar-refractivity contribution >= 4 is 5.69 Å². The lowest BCUT2D eigenvalue weighted by Crippen LogP contribution is -2.13. The molecule has 1 heteroatoms. The van der Waals surface area contributed by atoms with Crippen LogP contribution in [-0.2, 0) is 25.7 Å². The highest BCUT2D eigenvalue weighted by atomic mass is 14.6. The molecule has 0 heterocycles. The van der Waals surface area contributed by atoms with E-state index in [1.165, 1.54) is 48.8 Å². The molecule has 0 unspecified atom stereocenters. The molecule has 0 spiro atoms. The first kappa shape index (κ1) is 11.1. The molecule has 96 valence electrons. The Morgan fingerprint density at radius 2 is 1.47 bits per heavy atom. The van der Waals surface area contributed by atoms with Gasteiger partial charge in [-0.1, -0.05) is 24.3 Å². The van der Waals surface area contributed by atoms with Gasteiger partial charge in [-0.25, -0.2) is 0 Å².